The molecule has 0 spiro atoms. The third kappa shape index (κ3) is 2.15. The minimum absolute atomic E-state index is 0.000837. The van der Waals surface area contributed by atoms with E-state index >= 15 is 0 Å². The number of nitrogen functional groups attached to an aromatic ring is 1. The average molecular weight is 365 g/mol. The van der Waals surface area contributed by atoms with Crippen molar-refractivity contribution in [2.75, 3.05) is 12.3 Å². The van der Waals surface area contributed by atoms with Crippen molar-refractivity contribution >= 4 is 44.5 Å². The van der Waals surface area contributed by atoms with Gasteiger partial charge in [0.25, 0.3) is 0 Å². The van der Waals surface area contributed by atoms with Gasteiger partial charge in [-0.1, -0.05) is 0 Å². The quantitative estimate of drug-likeness (QED) is 0.523. The molecule has 3 heterocycles. The van der Waals surface area contributed by atoms with E-state index in [1.807, 2.05) is 0 Å². The van der Waals surface area contributed by atoms with Crippen LogP contribution in [0.25, 0.3) is 11.2 Å². The minimum Gasteiger partial charge on any atom is -0.394 e. The molecule has 0 radical (unpaired) electrons. The molecule has 1 aliphatic rings. The van der Waals surface area contributed by atoms with Gasteiger partial charge in [0, 0.05) is 6.42 Å². The summed E-state index contributed by atoms with van der Waals surface area (Å²) in [4.78, 5) is 12.2. The summed E-state index contributed by atoms with van der Waals surface area (Å²) in [5.74, 6) is 0.164. The Kier molecular flexibility index (Phi) is 3.55. The maximum atomic E-state index is 9.81. The lowest BCUT2D eigenvalue weighted by Gasteiger charge is -2.14. The smallest absolute Gasteiger partial charge is 0.226 e. The zero-order valence-electron chi connectivity index (χ0n) is 10.1. The van der Waals surface area contributed by atoms with Crippen molar-refractivity contribution in [3.63, 3.8) is 0 Å². The molecule has 0 aliphatic carbocycles. The van der Waals surface area contributed by atoms with E-state index in [0.29, 0.717) is 22.3 Å². The number of halogens is 2. The van der Waals surface area contributed by atoms with Crippen molar-refractivity contribution in [1.29, 1.82) is 0 Å². The van der Waals surface area contributed by atoms with Crippen molar-refractivity contribution in [3.8, 4) is 0 Å². The number of hydrogen-bond acceptors (Lipinski definition) is 7. The fourth-order valence-electron chi connectivity index (χ4n) is 2.23. The largest absolute Gasteiger partial charge is 0.394 e. The summed E-state index contributed by atoms with van der Waals surface area (Å²) in [7, 11) is 0. The van der Waals surface area contributed by atoms with E-state index in [9.17, 15) is 5.11 Å². The highest BCUT2D eigenvalue weighted by atomic mass is 79.9. The number of aliphatic hydroxyl groups excluding tert-OH is 2. The van der Waals surface area contributed by atoms with Crippen LogP contribution in [0.1, 0.15) is 12.6 Å². The monoisotopic (exact) mass is 363 g/mol. The van der Waals surface area contributed by atoms with Crippen LogP contribution in [-0.2, 0) is 4.74 Å². The molecule has 3 atom stereocenters. The first-order valence-corrected chi connectivity index (χ1v) is 6.99. The third-order valence-corrected chi connectivity index (χ3v) is 3.90. The first kappa shape index (κ1) is 14.0. The topological polar surface area (TPSA) is 119 Å². The lowest BCUT2D eigenvalue weighted by molar-refractivity contribution is -0.0439. The van der Waals surface area contributed by atoms with E-state index in [1.54, 1.807) is 4.57 Å². The first-order valence-electron chi connectivity index (χ1n) is 5.82. The number of ether oxygens (including phenoxy) is 1. The van der Waals surface area contributed by atoms with Crippen molar-refractivity contribution < 1.29 is 14.9 Å². The number of nitrogens with two attached hydrogens (primary N) is 1. The number of aliphatic hydroxyl groups is 2. The zero-order chi connectivity index (χ0) is 14.4. The van der Waals surface area contributed by atoms with Gasteiger partial charge >= 0.3 is 0 Å². The maximum absolute atomic E-state index is 9.81. The normalized spacial score (nSPS) is 26.5. The van der Waals surface area contributed by atoms with Crippen LogP contribution in [-0.4, -0.2) is 48.5 Å². The molecule has 1 aliphatic heterocycles. The molecular formula is C10H11BrClN5O3. The summed E-state index contributed by atoms with van der Waals surface area (Å²) in [6, 6.07) is 0. The highest BCUT2D eigenvalue weighted by Crippen LogP contribution is 2.34. The summed E-state index contributed by atoms with van der Waals surface area (Å²) >= 11 is 9.11. The molecule has 0 amide bonds. The van der Waals surface area contributed by atoms with Gasteiger partial charge in [-0.05, 0) is 27.5 Å². The molecule has 10 heteroatoms. The maximum Gasteiger partial charge on any atom is 0.226 e. The van der Waals surface area contributed by atoms with Crippen LogP contribution < -0.4 is 5.73 Å². The van der Waals surface area contributed by atoms with Crippen LogP contribution >= 0.6 is 27.5 Å². The molecule has 0 saturated carbocycles. The standard InChI is InChI=1S/C10H11BrClN5O3/c11-9-14-6-7(13)15-10(12)16-8(6)17(9)5-1-3(19)4(2-18)20-5/h3-5,18-19H,1-2H2,(H2,13,15,16)/t3?,4-,5-/m1/s1. The Morgan fingerprint density at radius 3 is 2.85 bits per heavy atom. The minimum atomic E-state index is -0.760. The Balaban J connectivity index is 2.10. The molecule has 4 N–H and O–H groups in total. The van der Waals surface area contributed by atoms with Gasteiger partial charge in [-0.3, -0.25) is 4.57 Å². The summed E-state index contributed by atoms with van der Waals surface area (Å²) < 4.78 is 7.64. The van der Waals surface area contributed by atoms with E-state index in [4.69, 9.17) is 27.2 Å². The second kappa shape index (κ2) is 5.08. The van der Waals surface area contributed by atoms with Crippen LogP contribution in [0.5, 0.6) is 0 Å². The van der Waals surface area contributed by atoms with Gasteiger partial charge in [0.15, 0.2) is 21.7 Å². The Morgan fingerprint density at radius 1 is 1.45 bits per heavy atom. The Labute approximate surface area is 126 Å². The molecule has 2 aromatic heterocycles. The number of nitrogens with zero attached hydrogens (tertiary/aromatic N) is 4. The summed E-state index contributed by atoms with van der Waals surface area (Å²) in [6.07, 6.45) is -1.62. The predicted octanol–water partition coefficient (Wildman–Crippen LogP) is 0.465. The molecule has 0 bridgehead atoms. The molecule has 3 rings (SSSR count). The lowest BCUT2D eigenvalue weighted by Crippen LogP contribution is -2.24. The highest BCUT2D eigenvalue weighted by Gasteiger charge is 2.36. The molecule has 2 aromatic rings. The summed E-state index contributed by atoms with van der Waals surface area (Å²) in [5.41, 5.74) is 6.56. The van der Waals surface area contributed by atoms with E-state index < -0.39 is 18.4 Å². The molecule has 1 saturated heterocycles. The average Bonchev–Trinajstić information content (AvgIpc) is 2.89. The Hall–Kier alpha value is -1.00. The second-order valence-corrected chi connectivity index (χ2v) is 5.46. The number of aromatic nitrogens is 4. The fourth-order valence-corrected chi connectivity index (χ4v) is 2.98. The molecule has 8 nitrogen and oxygen atoms in total. The highest BCUT2D eigenvalue weighted by molar-refractivity contribution is 9.10. The SMILES string of the molecule is Nc1nc(Cl)nc2c1nc(Br)n2[C@H]1CC(O)[C@@H](CO)O1. The van der Waals surface area contributed by atoms with Gasteiger partial charge in [0.05, 0.1) is 12.7 Å². The number of fused-ring (bicyclic) bond motifs is 1. The predicted molar refractivity (Wildman–Crippen MR) is 74.1 cm³/mol. The summed E-state index contributed by atoms with van der Waals surface area (Å²) in [5, 5.41) is 18.9. The zero-order valence-corrected chi connectivity index (χ0v) is 12.4. The van der Waals surface area contributed by atoms with Gasteiger partial charge in [-0.2, -0.15) is 9.97 Å². The molecular weight excluding hydrogens is 353 g/mol. The van der Waals surface area contributed by atoms with Gasteiger partial charge < -0.3 is 20.7 Å². The van der Waals surface area contributed by atoms with Crippen molar-refractivity contribution in [1.82, 2.24) is 19.5 Å². The second-order valence-electron chi connectivity index (χ2n) is 4.42. The van der Waals surface area contributed by atoms with Crippen LogP contribution in [0.2, 0.25) is 5.28 Å². The number of rotatable bonds is 2. The van der Waals surface area contributed by atoms with Gasteiger partial charge in [0.2, 0.25) is 5.28 Å². The van der Waals surface area contributed by atoms with Gasteiger partial charge in [-0.25, -0.2) is 4.98 Å². The van der Waals surface area contributed by atoms with E-state index in [-0.39, 0.29) is 17.7 Å². The van der Waals surface area contributed by atoms with Crippen molar-refractivity contribution in [2.45, 2.75) is 24.9 Å². The molecule has 0 aromatic carbocycles. The van der Waals surface area contributed by atoms with Crippen molar-refractivity contribution in [3.05, 3.63) is 10.0 Å². The Morgan fingerprint density at radius 2 is 2.20 bits per heavy atom. The Bertz CT molecular complexity index is 666. The lowest BCUT2D eigenvalue weighted by atomic mass is 10.2. The van der Waals surface area contributed by atoms with Crippen molar-refractivity contribution in [2.24, 2.45) is 0 Å². The number of hydrogen-bond donors (Lipinski definition) is 3. The first-order chi connectivity index (χ1) is 9.51. The molecule has 20 heavy (non-hydrogen) atoms. The molecule has 1 fully saturated rings. The van der Waals surface area contributed by atoms with Crippen LogP contribution in [0.3, 0.4) is 0 Å². The third-order valence-electron chi connectivity index (χ3n) is 3.17. The number of anilines is 1. The molecule has 108 valence electrons. The molecule has 1 unspecified atom stereocenters. The van der Waals surface area contributed by atoms with Crippen LogP contribution in [0.15, 0.2) is 4.73 Å². The van der Waals surface area contributed by atoms with E-state index in [2.05, 4.69) is 30.9 Å². The number of imidazole rings is 1. The van der Waals surface area contributed by atoms with E-state index in [1.165, 1.54) is 0 Å². The van der Waals surface area contributed by atoms with Crippen LogP contribution in [0.4, 0.5) is 5.82 Å². The van der Waals surface area contributed by atoms with E-state index in [0.717, 1.165) is 0 Å². The fraction of sp³-hybridized carbons (Fsp3) is 0.500. The van der Waals surface area contributed by atoms with Gasteiger partial charge in [-0.15, -0.1) is 0 Å². The van der Waals surface area contributed by atoms with Crippen LogP contribution in [0, 0.1) is 0 Å². The van der Waals surface area contributed by atoms with Gasteiger partial charge in [0.1, 0.15) is 12.3 Å². The summed E-state index contributed by atoms with van der Waals surface area (Å²) in [6.45, 7) is -0.264.